The van der Waals surface area contributed by atoms with Crippen molar-refractivity contribution in [3.63, 3.8) is 0 Å². The minimum atomic E-state index is -0.322. The van der Waals surface area contributed by atoms with Gasteiger partial charge in [-0.1, -0.05) is 43.4 Å². The smallest absolute Gasteiger partial charge is 0.124 e. The van der Waals surface area contributed by atoms with Crippen LogP contribution in [0, 0.1) is 5.82 Å². The molecule has 1 aromatic rings. The summed E-state index contributed by atoms with van der Waals surface area (Å²) in [7, 11) is 1.75. The van der Waals surface area contributed by atoms with Crippen molar-refractivity contribution in [1.29, 1.82) is 0 Å². The second-order valence-electron chi connectivity index (χ2n) is 5.84. The van der Waals surface area contributed by atoms with Crippen LogP contribution in [0.3, 0.4) is 0 Å². The SMILES string of the molecule is COC1(C(Cc2ccc(F)cc2Cl)NN)CCCCCC1. The van der Waals surface area contributed by atoms with Crippen molar-refractivity contribution in [2.24, 2.45) is 5.84 Å². The minimum absolute atomic E-state index is 0.0384. The molecule has 0 heterocycles. The third-order valence-corrected chi connectivity index (χ3v) is 4.98. The lowest BCUT2D eigenvalue weighted by Gasteiger charge is -2.39. The van der Waals surface area contributed by atoms with E-state index in [1.807, 2.05) is 0 Å². The van der Waals surface area contributed by atoms with Gasteiger partial charge in [0.05, 0.1) is 11.6 Å². The number of nitrogens with two attached hydrogens (primary N) is 1. The number of benzene rings is 1. The molecule has 0 bridgehead atoms. The van der Waals surface area contributed by atoms with Crippen molar-refractivity contribution in [1.82, 2.24) is 5.43 Å². The van der Waals surface area contributed by atoms with Crippen molar-refractivity contribution in [3.05, 3.63) is 34.6 Å². The number of hydrazine groups is 1. The van der Waals surface area contributed by atoms with Gasteiger partial charge in [-0.05, 0) is 37.0 Å². The maximum atomic E-state index is 13.2. The third-order valence-electron chi connectivity index (χ3n) is 4.63. The topological polar surface area (TPSA) is 47.3 Å². The first-order valence-electron chi connectivity index (χ1n) is 7.56. The molecule has 21 heavy (non-hydrogen) atoms. The summed E-state index contributed by atoms with van der Waals surface area (Å²) in [4.78, 5) is 0. The lowest BCUT2D eigenvalue weighted by Crippen LogP contribution is -2.55. The summed E-state index contributed by atoms with van der Waals surface area (Å²) in [5, 5.41) is 0.440. The summed E-state index contributed by atoms with van der Waals surface area (Å²) < 4.78 is 19.1. The Morgan fingerprint density at radius 2 is 2.00 bits per heavy atom. The average Bonchev–Trinajstić information content (AvgIpc) is 2.73. The number of hydrogen-bond acceptors (Lipinski definition) is 3. The Hall–Kier alpha value is -0.680. The molecule has 5 heteroatoms. The van der Waals surface area contributed by atoms with Crippen molar-refractivity contribution >= 4 is 11.6 Å². The molecule has 0 radical (unpaired) electrons. The van der Waals surface area contributed by atoms with Gasteiger partial charge in [-0.15, -0.1) is 0 Å². The highest BCUT2D eigenvalue weighted by Gasteiger charge is 2.38. The van der Waals surface area contributed by atoms with Crippen LogP contribution in [0.15, 0.2) is 18.2 Å². The number of rotatable bonds is 5. The normalized spacial score (nSPS) is 20.0. The van der Waals surface area contributed by atoms with Crippen LogP contribution >= 0.6 is 11.6 Å². The van der Waals surface area contributed by atoms with Crippen LogP contribution in [0.1, 0.15) is 44.1 Å². The molecule has 1 atom stereocenters. The summed E-state index contributed by atoms with van der Waals surface area (Å²) in [6.45, 7) is 0. The van der Waals surface area contributed by atoms with Gasteiger partial charge in [0, 0.05) is 12.1 Å². The molecule has 1 saturated carbocycles. The van der Waals surface area contributed by atoms with Gasteiger partial charge in [-0.25, -0.2) is 4.39 Å². The number of methoxy groups -OCH3 is 1. The average molecular weight is 315 g/mol. The van der Waals surface area contributed by atoms with E-state index in [1.54, 1.807) is 13.2 Å². The van der Waals surface area contributed by atoms with E-state index >= 15 is 0 Å². The van der Waals surface area contributed by atoms with E-state index in [0.29, 0.717) is 11.4 Å². The summed E-state index contributed by atoms with van der Waals surface area (Å²) in [5.74, 6) is 5.47. The van der Waals surface area contributed by atoms with Crippen LogP contribution in [0.5, 0.6) is 0 Å². The monoisotopic (exact) mass is 314 g/mol. The fourth-order valence-electron chi connectivity index (χ4n) is 3.33. The van der Waals surface area contributed by atoms with Crippen molar-refractivity contribution in [2.45, 2.75) is 56.6 Å². The zero-order valence-electron chi connectivity index (χ0n) is 12.5. The van der Waals surface area contributed by atoms with Gasteiger partial charge in [0.2, 0.25) is 0 Å². The highest BCUT2D eigenvalue weighted by atomic mass is 35.5. The third kappa shape index (κ3) is 3.95. The zero-order chi connectivity index (χ0) is 15.3. The molecular formula is C16H24ClFN2O. The Kier molecular flexibility index (Phi) is 5.99. The van der Waals surface area contributed by atoms with E-state index in [1.165, 1.54) is 25.0 Å². The molecule has 118 valence electrons. The minimum Gasteiger partial charge on any atom is -0.377 e. The highest BCUT2D eigenvalue weighted by molar-refractivity contribution is 6.31. The van der Waals surface area contributed by atoms with E-state index in [9.17, 15) is 4.39 Å². The summed E-state index contributed by atoms with van der Waals surface area (Å²) >= 11 is 6.14. The van der Waals surface area contributed by atoms with Gasteiger partial charge in [0.15, 0.2) is 0 Å². The predicted molar refractivity (Wildman–Crippen MR) is 83.7 cm³/mol. The van der Waals surface area contributed by atoms with Crippen LogP contribution in [0.25, 0.3) is 0 Å². The molecule has 1 unspecified atom stereocenters. The summed E-state index contributed by atoms with van der Waals surface area (Å²) in [5.41, 5.74) is 3.52. The number of ether oxygens (including phenoxy) is 1. The lowest BCUT2D eigenvalue weighted by molar-refractivity contribution is -0.0527. The van der Waals surface area contributed by atoms with E-state index in [4.69, 9.17) is 22.2 Å². The van der Waals surface area contributed by atoms with Gasteiger partial charge in [-0.2, -0.15) is 0 Å². The van der Waals surface area contributed by atoms with Crippen molar-refractivity contribution < 1.29 is 9.13 Å². The van der Waals surface area contributed by atoms with E-state index in [2.05, 4.69) is 5.43 Å². The molecule has 1 aliphatic rings. The van der Waals surface area contributed by atoms with Gasteiger partial charge >= 0.3 is 0 Å². The van der Waals surface area contributed by atoms with Gasteiger partial charge < -0.3 is 4.74 Å². The number of nitrogens with one attached hydrogen (secondary N) is 1. The molecule has 0 saturated heterocycles. The fraction of sp³-hybridized carbons (Fsp3) is 0.625. The van der Waals surface area contributed by atoms with Gasteiger partial charge in [0.1, 0.15) is 5.82 Å². The standard InChI is InChI=1S/C16H24ClFN2O/c1-21-16(8-4-2-3-5-9-16)15(20-19)10-12-6-7-13(18)11-14(12)17/h6-7,11,15,20H,2-5,8-10,19H2,1H3. The zero-order valence-corrected chi connectivity index (χ0v) is 13.3. The molecule has 1 aromatic carbocycles. The molecule has 2 rings (SSSR count). The van der Waals surface area contributed by atoms with Crippen molar-refractivity contribution in [2.75, 3.05) is 7.11 Å². The molecule has 0 spiro atoms. The largest absolute Gasteiger partial charge is 0.377 e. The summed E-state index contributed by atoms with van der Waals surface area (Å²) in [6, 6.07) is 4.46. The quantitative estimate of drug-likeness (QED) is 0.496. The Balaban J connectivity index is 2.20. The Morgan fingerprint density at radius 1 is 1.33 bits per heavy atom. The summed E-state index contributed by atoms with van der Waals surface area (Å²) in [6.07, 6.45) is 7.35. The number of hydrogen-bond donors (Lipinski definition) is 2. The first kappa shape index (κ1) is 16.7. The molecule has 0 aromatic heterocycles. The molecule has 0 amide bonds. The van der Waals surface area contributed by atoms with Crippen LogP contribution < -0.4 is 11.3 Å². The predicted octanol–water partition coefficient (Wildman–Crippen LogP) is 3.59. The Bertz CT molecular complexity index is 462. The first-order chi connectivity index (χ1) is 10.1. The molecule has 1 fully saturated rings. The van der Waals surface area contributed by atoms with Gasteiger partial charge in [0.25, 0.3) is 0 Å². The van der Waals surface area contributed by atoms with E-state index < -0.39 is 0 Å². The second kappa shape index (κ2) is 7.54. The van der Waals surface area contributed by atoms with Crippen LogP contribution in [-0.4, -0.2) is 18.8 Å². The highest BCUT2D eigenvalue weighted by Crippen LogP contribution is 2.35. The lowest BCUT2D eigenvalue weighted by atomic mass is 9.83. The van der Waals surface area contributed by atoms with Crippen LogP contribution in [0.4, 0.5) is 4.39 Å². The Labute approximate surface area is 131 Å². The maximum absolute atomic E-state index is 13.2. The van der Waals surface area contributed by atoms with E-state index in [-0.39, 0.29) is 17.5 Å². The molecule has 1 aliphatic carbocycles. The Morgan fingerprint density at radius 3 is 2.52 bits per heavy atom. The fourth-order valence-corrected chi connectivity index (χ4v) is 3.57. The maximum Gasteiger partial charge on any atom is 0.124 e. The number of halogens is 2. The van der Waals surface area contributed by atoms with Gasteiger partial charge in [-0.3, -0.25) is 11.3 Å². The van der Waals surface area contributed by atoms with Crippen molar-refractivity contribution in [3.8, 4) is 0 Å². The molecular weight excluding hydrogens is 291 g/mol. The molecule has 3 N–H and O–H groups in total. The molecule has 3 nitrogen and oxygen atoms in total. The van der Waals surface area contributed by atoms with E-state index in [0.717, 1.165) is 31.2 Å². The second-order valence-corrected chi connectivity index (χ2v) is 6.25. The first-order valence-corrected chi connectivity index (χ1v) is 7.94. The van der Waals surface area contributed by atoms with Crippen LogP contribution in [-0.2, 0) is 11.2 Å². The van der Waals surface area contributed by atoms with Crippen LogP contribution in [0.2, 0.25) is 5.02 Å². The molecule has 0 aliphatic heterocycles.